The minimum atomic E-state index is -1.38. The Hall–Kier alpha value is -0.0800. The second kappa shape index (κ2) is 7.03. The molecule has 0 aromatic heterocycles. The molecule has 1 atom stereocenters. The van der Waals surface area contributed by atoms with E-state index in [-0.39, 0.29) is 36.0 Å². The molecule has 0 radical (unpaired) electrons. The first-order chi connectivity index (χ1) is 4.22. The summed E-state index contributed by atoms with van der Waals surface area (Å²) in [5, 5.41) is 26.1. The summed E-state index contributed by atoms with van der Waals surface area (Å²) < 4.78 is 0. The van der Waals surface area contributed by atoms with Gasteiger partial charge < -0.3 is 15.0 Å². The number of carboxylic acid groups (broad SMARTS) is 1. The third-order valence-electron chi connectivity index (χ3n) is 0.891. The molecule has 0 amide bonds. The standard InChI is InChI=1S/C5H7NO3.Na/c6-2-1-4(3-7)5(8)9;/h4,7H,1,3H2,(H,8,9);/q;+1/p-1. The van der Waals surface area contributed by atoms with Crippen LogP contribution in [-0.2, 0) is 4.79 Å². The molecule has 0 aromatic rings. The maximum Gasteiger partial charge on any atom is 1.00 e. The quantitative estimate of drug-likeness (QED) is 0.410. The van der Waals surface area contributed by atoms with E-state index in [2.05, 4.69) is 0 Å². The molecule has 1 unspecified atom stereocenters. The van der Waals surface area contributed by atoms with Crippen molar-refractivity contribution in [3.8, 4) is 6.07 Å². The van der Waals surface area contributed by atoms with Crippen molar-refractivity contribution in [2.45, 2.75) is 6.42 Å². The van der Waals surface area contributed by atoms with Crippen LogP contribution in [0.1, 0.15) is 6.42 Å². The number of carbonyl (C=O) groups is 1. The SMILES string of the molecule is N#CCC(CO)C(=O)[O-].[Na+]. The molecule has 0 fully saturated rings. The number of carbonyl (C=O) groups excluding carboxylic acids is 1. The summed E-state index contributed by atoms with van der Waals surface area (Å²) in [6, 6.07) is 1.62. The Labute approximate surface area is 80.8 Å². The van der Waals surface area contributed by atoms with Crippen LogP contribution in [0, 0.1) is 17.2 Å². The Kier molecular flexibility index (Phi) is 8.85. The van der Waals surface area contributed by atoms with E-state index < -0.39 is 18.5 Å². The Morgan fingerprint density at radius 1 is 1.80 bits per heavy atom. The van der Waals surface area contributed by atoms with E-state index >= 15 is 0 Å². The van der Waals surface area contributed by atoms with Gasteiger partial charge in [0.2, 0.25) is 0 Å². The van der Waals surface area contributed by atoms with Gasteiger partial charge in [0.1, 0.15) is 0 Å². The molecular weight excluding hydrogens is 145 g/mol. The monoisotopic (exact) mass is 151 g/mol. The van der Waals surface area contributed by atoms with Crippen LogP contribution in [0.2, 0.25) is 0 Å². The molecule has 0 aliphatic carbocycles. The van der Waals surface area contributed by atoms with E-state index in [0.717, 1.165) is 0 Å². The molecule has 0 aliphatic heterocycles. The van der Waals surface area contributed by atoms with E-state index in [1.54, 1.807) is 6.07 Å². The van der Waals surface area contributed by atoms with Crippen molar-refractivity contribution in [1.29, 1.82) is 5.26 Å². The van der Waals surface area contributed by atoms with Crippen molar-refractivity contribution in [3.63, 3.8) is 0 Å². The predicted octanol–water partition coefficient (Wildman–Crippen LogP) is -4.74. The van der Waals surface area contributed by atoms with Gasteiger partial charge in [-0.3, -0.25) is 0 Å². The van der Waals surface area contributed by atoms with Gasteiger partial charge in [0, 0.05) is 18.3 Å². The number of nitrogens with zero attached hydrogens (tertiary/aromatic N) is 1. The zero-order valence-corrected chi connectivity index (χ0v) is 7.70. The Bertz CT molecular complexity index is 142. The smallest absolute Gasteiger partial charge is 0.550 e. The largest absolute Gasteiger partial charge is 1.00 e. The topological polar surface area (TPSA) is 84.1 Å². The van der Waals surface area contributed by atoms with Gasteiger partial charge in [-0.1, -0.05) is 0 Å². The van der Waals surface area contributed by atoms with Gasteiger partial charge in [-0.25, -0.2) is 0 Å². The molecule has 0 saturated carbocycles. The van der Waals surface area contributed by atoms with Crippen LogP contribution < -0.4 is 34.7 Å². The van der Waals surface area contributed by atoms with E-state index in [1.165, 1.54) is 0 Å². The molecule has 0 saturated heterocycles. The molecule has 0 heterocycles. The first-order valence-corrected chi connectivity index (χ1v) is 2.41. The minimum Gasteiger partial charge on any atom is -0.550 e. The number of carboxylic acids is 1. The Morgan fingerprint density at radius 3 is 2.40 bits per heavy atom. The fourth-order valence-electron chi connectivity index (χ4n) is 0.333. The van der Waals surface area contributed by atoms with E-state index in [4.69, 9.17) is 10.4 Å². The summed E-state index contributed by atoms with van der Waals surface area (Å²) >= 11 is 0. The summed E-state index contributed by atoms with van der Waals surface area (Å²) in [6.07, 6.45) is -0.196. The fraction of sp³-hybridized carbons (Fsp3) is 0.600. The molecule has 0 rings (SSSR count). The summed E-state index contributed by atoms with van der Waals surface area (Å²) in [5.41, 5.74) is 0. The minimum absolute atomic E-state index is 0. The van der Waals surface area contributed by atoms with E-state index in [9.17, 15) is 9.90 Å². The second-order valence-corrected chi connectivity index (χ2v) is 1.56. The predicted molar refractivity (Wildman–Crippen MR) is 25.8 cm³/mol. The van der Waals surface area contributed by atoms with Crippen molar-refractivity contribution < 1.29 is 44.6 Å². The molecule has 4 nitrogen and oxygen atoms in total. The van der Waals surface area contributed by atoms with Crippen molar-refractivity contribution in [2.75, 3.05) is 6.61 Å². The molecule has 50 valence electrons. The zero-order valence-electron chi connectivity index (χ0n) is 5.70. The van der Waals surface area contributed by atoms with Crippen molar-refractivity contribution in [3.05, 3.63) is 0 Å². The van der Waals surface area contributed by atoms with Crippen LogP contribution in [0.25, 0.3) is 0 Å². The second-order valence-electron chi connectivity index (χ2n) is 1.56. The number of aliphatic hydroxyl groups is 1. The molecule has 0 spiro atoms. The number of hydrogen-bond acceptors (Lipinski definition) is 4. The van der Waals surface area contributed by atoms with Crippen molar-refractivity contribution in [1.82, 2.24) is 0 Å². The average Bonchev–Trinajstić information content (AvgIpc) is 1.82. The normalized spacial score (nSPS) is 10.8. The number of aliphatic hydroxyl groups excluding tert-OH is 1. The van der Waals surface area contributed by atoms with E-state index in [1.807, 2.05) is 0 Å². The van der Waals surface area contributed by atoms with Gasteiger partial charge in [-0.2, -0.15) is 5.26 Å². The first-order valence-electron chi connectivity index (χ1n) is 2.41. The van der Waals surface area contributed by atoms with Crippen LogP contribution in [0.5, 0.6) is 0 Å². The Morgan fingerprint density at radius 2 is 2.30 bits per heavy atom. The molecular formula is C5H6NNaO3. The summed E-state index contributed by atoms with van der Waals surface area (Å²) in [7, 11) is 0. The fourth-order valence-corrected chi connectivity index (χ4v) is 0.333. The van der Waals surface area contributed by atoms with Crippen molar-refractivity contribution in [2.24, 2.45) is 5.92 Å². The maximum atomic E-state index is 9.90. The van der Waals surface area contributed by atoms with Crippen molar-refractivity contribution >= 4 is 5.97 Å². The number of nitriles is 1. The Balaban J connectivity index is 0. The van der Waals surface area contributed by atoms with Crippen LogP contribution in [-0.4, -0.2) is 17.7 Å². The summed E-state index contributed by atoms with van der Waals surface area (Å²) in [5.74, 6) is -2.41. The van der Waals surface area contributed by atoms with Gasteiger partial charge in [0.25, 0.3) is 0 Å². The number of rotatable bonds is 3. The molecule has 0 aromatic carbocycles. The summed E-state index contributed by atoms with van der Waals surface area (Å²) in [6.45, 7) is -0.532. The van der Waals surface area contributed by atoms with Gasteiger partial charge >= 0.3 is 29.6 Å². The third kappa shape index (κ3) is 4.77. The van der Waals surface area contributed by atoms with Crippen LogP contribution in [0.4, 0.5) is 0 Å². The number of aliphatic carboxylic acids is 1. The van der Waals surface area contributed by atoms with Crippen LogP contribution in [0.3, 0.4) is 0 Å². The maximum absolute atomic E-state index is 9.90. The molecule has 1 N–H and O–H groups in total. The third-order valence-corrected chi connectivity index (χ3v) is 0.891. The van der Waals surface area contributed by atoms with Gasteiger partial charge in [-0.15, -0.1) is 0 Å². The van der Waals surface area contributed by atoms with Crippen LogP contribution in [0.15, 0.2) is 0 Å². The van der Waals surface area contributed by atoms with E-state index in [0.29, 0.717) is 0 Å². The first kappa shape index (κ1) is 12.6. The van der Waals surface area contributed by atoms with Gasteiger partial charge in [-0.05, 0) is 0 Å². The molecule has 5 heteroatoms. The van der Waals surface area contributed by atoms with Gasteiger partial charge in [0.05, 0.1) is 12.7 Å². The van der Waals surface area contributed by atoms with Gasteiger partial charge in [0.15, 0.2) is 0 Å². The molecule has 0 aliphatic rings. The summed E-state index contributed by atoms with van der Waals surface area (Å²) in [4.78, 5) is 9.90. The molecule has 10 heavy (non-hydrogen) atoms. The molecule has 0 bridgehead atoms. The zero-order chi connectivity index (χ0) is 7.28. The number of hydrogen-bond donors (Lipinski definition) is 1. The average molecular weight is 151 g/mol. The van der Waals surface area contributed by atoms with Crippen LogP contribution >= 0.6 is 0 Å².